The van der Waals surface area contributed by atoms with Crippen LogP contribution < -0.4 is 14.8 Å². The van der Waals surface area contributed by atoms with Gasteiger partial charge < -0.3 is 19.9 Å². The summed E-state index contributed by atoms with van der Waals surface area (Å²) in [6.45, 7) is 0.479. The molecule has 2 rings (SSSR count). The van der Waals surface area contributed by atoms with Crippen molar-refractivity contribution in [2.24, 2.45) is 0 Å². The second-order valence-corrected chi connectivity index (χ2v) is 5.47. The number of nitrogens with one attached hydrogen (secondary N) is 1. The lowest BCUT2D eigenvalue weighted by molar-refractivity contribution is -0.120. The van der Waals surface area contributed by atoms with Crippen LogP contribution in [0.2, 0.25) is 0 Å². The number of ether oxygens (including phenoxy) is 2. The molecule has 0 aliphatic carbocycles. The molecule has 0 aromatic heterocycles. The normalized spacial score (nSPS) is 10.2. The number of carboxylic acid groups (broad SMARTS) is 1. The van der Waals surface area contributed by atoms with E-state index in [1.807, 2.05) is 18.2 Å². The third kappa shape index (κ3) is 5.24. The Balaban J connectivity index is 1.86. The number of amides is 1. The first-order chi connectivity index (χ1) is 12.0. The molecule has 0 saturated heterocycles. The fourth-order valence-corrected chi connectivity index (χ4v) is 2.44. The topological polar surface area (TPSA) is 84.9 Å². The minimum Gasteiger partial charge on any atom is -0.493 e. The van der Waals surface area contributed by atoms with Gasteiger partial charge >= 0.3 is 5.97 Å². The smallest absolute Gasteiger partial charge is 0.335 e. The Morgan fingerprint density at radius 3 is 2.44 bits per heavy atom. The Labute approximate surface area is 146 Å². The largest absolute Gasteiger partial charge is 0.493 e. The summed E-state index contributed by atoms with van der Waals surface area (Å²) < 4.78 is 10.4. The van der Waals surface area contributed by atoms with Crippen molar-refractivity contribution in [3.63, 3.8) is 0 Å². The molecule has 0 unspecified atom stereocenters. The summed E-state index contributed by atoms with van der Waals surface area (Å²) in [6.07, 6.45) is 0.800. The number of methoxy groups -OCH3 is 2. The number of carboxylic acids is 1. The van der Waals surface area contributed by atoms with Crippen molar-refractivity contribution in [2.45, 2.75) is 12.8 Å². The molecule has 0 saturated carbocycles. The van der Waals surface area contributed by atoms with Gasteiger partial charge in [-0.3, -0.25) is 4.79 Å². The van der Waals surface area contributed by atoms with Gasteiger partial charge in [0.2, 0.25) is 5.91 Å². The fourth-order valence-electron chi connectivity index (χ4n) is 2.44. The van der Waals surface area contributed by atoms with E-state index in [9.17, 15) is 9.59 Å². The summed E-state index contributed by atoms with van der Waals surface area (Å²) in [5, 5.41) is 11.8. The van der Waals surface area contributed by atoms with Crippen LogP contribution in [0.4, 0.5) is 0 Å². The van der Waals surface area contributed by atoms with Gasteiger partial charge in [0, 0.05) is 6.54 Å². The van der Waals surface area contributed by atoms with E-state index in [1.54, 1.807) is 26.4 Å². The fraction of sp³-hybridized carbons (Fsp3) is 0.263. The highest BCUT2D eigenvalue weighted by Gasteiger charge is 2.08. The van der Waals surface area contributed by atoms with Crippen molar-refractivity contribution >= 4 is 11.9 Å². The van der Waals surface area contributed by atoms with Gasteiger partial charge in [-0.2, -0.15) is 0 Å². The standard InChI is InChI=1S/C19H21NO5/c1-24-16-7-6-13(11-17(16)25-2)8-9-20-18(21)12-14-4-3-5-15(10-14)19(22)23/h3-7,10-11H,8-9,12H2,1-2H3,(H,20,21)(H,22,23). The molecule has 25 heavy (non-hydrogen) atoms. The minimum atomic E-state index is -1.00. The first-order valence-corrected chi connectivity index (χ1v) is 7.83. The van der Waals surface area contributed by atoms with E-state index in [0.717, 1.165) is 5.56 Å². The van der Waals surface area contributed by atoms with Crippen molar-refractivity contribution in [1.82, 2.24) is 5.32 Å². The van der Waals surface area contributed by atoms with Crippen LogP contribution in [0.25, 0.3) is 0 Å². The van der Waals surface area contributed by atoms with Crippen LogP contribution in [0.15, 0.2) is 42.5 Å². The molecule has 0 heterocycles. The third-order valence-electron chi connectivity index (χ3n) is 3.72. The number of carbonyl (C=O) groups excluding carboxylic acids is 1. The predicted octanol–water partition coefficient (Wildman–Crippen LogP) is 2.30. The Morgan fingerprint density at radius 1 is 1.00 bits per heavy atom. The third-order valence-corrected chi connectivity index (χ3v) is 3.72. The number of rotatable bonds is 8. The first kappa shape index (κ1) is 18.3. The zero-order valence-corrected chi connectivity index (χ0v) is 14.2. The van der Waals surface area contributed by atoms with Crippen LogP contribution in [-0.2, 0) is 17.6 Å². The Kier molecular flexibility index (Phi) is 6.39. The van der Waals surface area contributed by atoms with Crippen molar-refractivity contribution in [1.29, 1.82) is 0 Å². The predicted molar refractivity (Wildman–Crippen MR) is 93.4 cm³/mol. The van der Waals surface area contributed by atoms with E-state index >= 15 is 0 Å². The van der Waals surface area contributed by atoms with Crippen LogP contribution in [-0.4, -0.2) is 37.7 Å². The SMILES string of the molecule is COc1ccc(CCNC(=O)Cc2cccc(C(=O)O)c2)cc1OC. The molecule has 6 nitrogen and oxygen atoms in total. The van der Waals surface area contributed by atoms with Crippen molar-refractivity contribution < 1.29 is 24.2 Å². The molecular formula is C19H21NO5. The van der Waals surface area contributed by atoms with Gasteiger partial charge in [-0.15, -0.1) is 0 Å². The lowest BCUT2D eigenvalue weighted by Crippen LogP contribution is -2.27. The van der Waals surface area contributed by atoms with E-state index < -0.39 is 5.97 Å². The molecule has 2 N–H and O–H groups in total. The molecule has 6 heteroatoms. The Morgan fingerprint density at radius 2 is 1.76 bits per heavy atom. The average molecular weight is 343 g/mol. The Bertz CT molecular complexity index is 757. The lowest BCUT2D eigenvalue weighted by Gasteiger charge is -2.10. The zero-order chi connectivity index (χ0) is 18.2. The minimum absolute atomic E-state index is 0.146. The first-order valence-electron chi connectivity index (χ1n) is 7.83. The second-order valence-electron chi connectivity index (χ2n) is 5.47. The summed E-state index contributed by atoms with van der Waals surface area (Å²) in [5.41, 5.74) is 1.87. The summed E-state index contributed by atoms with van der Waals surface area (Å²) >= 11 is 0. The summed E-state index contributed by atoms with van der Waals surface area (Å²) in [4.78, 5) is 23.0. The summed E-state index contributed by atoms with van der Waals surface area (Å²) in [7, 11) is 3.16. The van der Waals surface area contributed by atoms with Crippen LogP contribution in [0.1, 0.15) is 21.5 Å². The molecule has 0 aliphatic rings. The maximum Gasteiger partial charge on any atom is 0.335 e. The Hall–Kier alpha value is -3.02. The maximum atomic E-state index is 12.0. The van der Waals surface area contributed by atoms with Gasteiger partial charge in [0.05, 0.1) is 26.2 Å². The molecule has 132 valence electrons. The second kappa shape index (κ2) is 8.73. The van der Waals surface area contributed by atoms with Gasteiger partial charge in [0.1, 0.15) is 0 Å². The zero-order valence-electron chi connectivity index (χ0n) is 14.2. The van der Waals surface area contributed by atoms with Gasteiger partial charge in [-0.25, -0.2) is 4.79 Å². The average Bonchev–Trinajstić information content (AvgIpc) is 2.61. The molecule has 2 aromatic rings. The summed E-state index contributed by atoms with van der Waals surface area (Å²) in [6, 6.07) is 12.0. The molecule has 0 radical (unpaired) electrons. The van der Waals surface area contributed by atoms with Gasteiger partial charge in [0.15, 0.2) is 11.5 Å². The number of benzene rings is 2. The molecule has 0 bridgehead atoms. The van der Waals surface area contributed by atoms with Gasteiger partial charge in [-0.1, -0.05) is 18.2 Å². The van der Waals surface area contributed by atoms with Crippen LogP contribution in [0.3, 0.4) is 0 Å². The van der Waals surface area contributed by atoms with Crippen LogP contribution in [0.5, 0.6) is 11.5 Å². The molecule has 0 aliphatic heterocycles. The van der Waals surface area contributed by atoms with E-state index in [1.165, 1.54) is 12.1 Å². The molecule has 1 amide bonds. The van der Waals surface area contributed by atoms with Crippen LogP contribution >= 0.6 is 0 Å². The number of aromatic carboxylic acids is 1. The van der Waals surface area contributed by atoms with E-state index in [2.05, 4.69) is 5.32 Å². The van der Waals surface area contributed by atoms with Gasteiger partial charge in [-0.05, 0) is 41.8 Å². The number of hydrogen-bond donors (Lipinski definition) is 2. The van der Waals surface area contributed by atoms with E-state index in [0.29, 0.717) is 30.0 Å². The van der Waals surface area contributed by atoms with Crippen LogP contribution in [0, 0.1) is 0 Å². The van der Waals surface area contributed by atoms with Gasteiger partial charge in [0.25, 0.3) is 0 Å². The van der Waals surface area contributed by atoms with Crippen molar-refractivity contribution in [2.75, 3.05) is 20.8 Å². The lowest BCUT2D eigenvalue weighted by atomic mass is 10.1. The molecular weight excluding hydrogens is 322 g/mol. The van der Waals surface area contributed by atoms with Crippen molar-refractivity contribution in [3.05, 3.63) is 59.2 Å². The monoisotopic (exact) mass is 343 g/mol. The quantitative estimate of drug-likeness (QED) is 0.768. The van der Waals surface area contributed by atoms with Crippen molar-refractivity contribution in [3.8, 4) is 11.5 Å². The van der Waals surface area contributed by atoms with E-state index in [4.69, 9.17) is 14.6 Å². The number of carbonyl (C=O) groups is 2. The van der Waals surface area contributed by atoms with E-state index in [-0.39, 0.29) is 17.9 Å². The molecule has 0 spiro atoms. The molecule has 0 fully saturated rings. The summed E-state index contributed by atoms with van der Waals surface area (Å²) in [5.74, 6) is 0.157. The highest BCUT2D eigenvalue weighted by atomic mass is 16.5. The molecule has 2 aromatic carbocycles. The highest BCUT2D eigenvalue weighted by Crippen LogP contribution is 2.27. The maximum absolute atomic E-state index is 12.0. The molecule has 0 atom stereocenters. The number of hydrogen-bond acceptors (Lipinski definition) is 4. The highest BCUT2D eigenvalue weighted by molar-refractivity contribution is 5.88.